The number of primary amides is 1. The summed E-state index contributed by atoms with van der Waals surface area (Å²) in [7, 11) is 0. The first-order valence-electron chi connectivity index (χ1n) is 5.46. The largest absolute Gasteiger partial charge is 0.394 e. The monoisotopic (exact) mass is 241 g/mol. The number of carbonyl (C=O) groups is 1. The van der Waals surface area contributed by atoms with E-state index in [9.17, 15) is 4.79 Å². The zero-order valence-electron chi connectivity index (χ0n) is 10.2. The number of amides is 1. The van der Waals surface area contributed by atoms with E-state index < -0.39 is 5.41 Å². The molecular weight excluding hydrogens is 222 g/mol. The molecular formula is C10H19N5O2. The van der Waals surface area contributed by atoms with Crippen molar-refractivity contribution >= 4 is 5.91 Å². The molecule has 96 valence electrons. The van der Waals surface area contributed by atoms with Gasteiger partial charge in [0, 0.05) is 19.3 Å². The summed E-state index contributed by atoms with van der Waals surface area (Å²) in [4.78, 5) is 11.1. The Balaban J connectivity index is 2.38. The number of aliphatic hydroxyl groups excluding tert-OH is 1. The number of nitrogens with zero attached hydrogens (tertiary/aromatic N) is 3. The standard InChI is InChI=1S/C10H19N5O2/c1-10(2,9(11)17)7-12-5-8-6-15(3-4-16)14-13-8/h6,12,16H,3-5,7H2,1-2H3,(H2,11,17). The van der Waals surface area contributed by atoms with Gasteiger partial charge in [0.25, 0.3) is 0 Å². The highest BCUT2D eigenvalue weighted by Gasteiger charge is 2.24. The van der Waals surface area contributed by atoms with Gasteiger partial charge >= 0.3 is 0 Å². The normalized spacial score (nSPS) is 11.7. The van der Waals surface area contributed by atoms with E-state index in [2.05, 4.69) is 15.6 Å². The van der Waals surface area contributed by atoms with Crippen molar-refractivity contribution in [3.8, 4) is 0 Å². The number of aliphatic hydroxyl groups is 1. The Labute approximate surface area is 100.0 Å². The van der Waals surface area contributed by atoms with Crippen LogP contribution in [0.25, 0.3) is 0 Å². The zero-order valence-corrected chi connectivity index (χ0v) is 10.2. The van der Waals surface area contributed by atoms with Crippen molar-refractivity contribution in [2.24, 2.45) is 11.1 Å². The number of hydrogen-bond donors (Lipinski definition) is 3. The predicted molar refractivity (Wildman–Crippen MR) is 61.8 cm³/mol. The average molecular weight is 241 g/mol. The first-order chi connectivity index (χ1) is 7.95. The van der Waals surface area contributed by atoms with Gasteiger partial charge in [-0.3, -0.25) is 4.79 Å². The van der Waals surface area contributed by atoms with Crippen molar-refractivity contribution in [1.82, 2.24) is 20.3 Å². The van der Waals surface area contributed by atoms with E-state index in [0.29, 0.717) is 19.6 Å². The van der Waals surface area contributed by atoms with Gasteiger partial charge in [0.2, 0.25) is 5.91 Å². The van der Waals surface area contributed by atoms with Gasteiger partial charge in [-0.05, 0) is 13.8 Å². The molecule has 0 saturated heterocycles. The molecule has 0 fully saturated rings. The Hall–Kier alpha value is -1.47. The van der Waals surface area contributed by atoms with Crippen LogP contribution in [0.5, 0.6) is 0 Å². The fourth-order valence-electron chi connectivity index (χ4n) is 1.22. The number of nitrogens with one attached hydrogen (secondary N) is 1. The topological polar surface area (TPSA) is 106 Å². The quantitative estimate of drug-likeness (QED) is 0.560. The Bertz CT molecular complexity index is 375. The van der Waals surface area contributed by atoms with Crippen LogP contribution in [-0.2, 0) is 17.9 Å². The van der Waals surface area contributed by atoms with Crippen LogP contribution >= 0.6 is 0 Å². The smallest absolute Gasteiger partial charge is 0.224 e. The summed E-state index contributed by atoms with van der Waals surface area (Å²) in [6.45, 7) is 5.03. The molecule has 1 rings (SSSR count). The fourth-order valence-corrected chi connectivity index (χ4v) is 1.22. The predicted octanol–water partition coefficient (Wildman–Crippen LogP) is -1.13. The molecule has 7 nitrogen and oxygen atoms in total. The maximum Gasteiger partial charge on any atom is 0.224 e. The second-order valence-corrected chi connectivity index (χ2v) is 4.55. The summed E-state index contributed by atoms with van der Waals surface area (Å²) >= 11 is 0. The lowest BCUT2D eigenvalue weighted by molar-refractivity contribution is -0.125. The lowest BCUT2D eigenvalue weighted by Crippen LogP contribution is -2.40. The third kappa shape index (κ3) is 4.12. The van der Waals surface area contributed by atoms with Crippen molar-refractivity contribution in [3.05, 3.63) is 11.9 Å². The number of rotatable bonds is 7. The minimum absolute atomic E-state index is 0.0327. The van der Waals surface area contributed by atoms with E-state index in [0.717, 1.165) is 5.69 Å². The molecule has 7 heteroatoms. The summed E-state index contributed by atoms with van der Waals surface area (Å²) in [6.07, 6.45) is 1.75. The van der Waals surface area contributed by atoms with Crippen LogP contribution in [0.3, 0.4) is 0 Å². The molecule has 0 aliphatic carbocycles. The van der Waals surface area contributed by atoms with E-state index in [1.54, 1.807) is 24.7 Å². The molecule has 0 unspecified atom stereocenters. The van der Waals surface area contributed by atoms with Gasteiger partial charge in [-0.1, -0.05) is 5.21 Å². The third-order valence-corrected chi connectivity index (χ3v) is 2.46. The number of carbonyl (C=O) groups excluding carboxylic acids is 1. The average Bonchev–Trinajstić information content (AvgIpc) is 2.66. The van der Waals surface area contributed by atoms with Gasteiger partial charge in [0.05, 0.1) is 24.3 Å². The molecule has 0 radical (unpaired) electrons. The molecule has 0 spiro atoms. The summed E-state index contributed by atoms with van der Waals surface area (Å²) in [5, 5.41) is 19.6. The molecule has 0 atom stereocenters. The second-order valence-electron chi connectivity index (χ2n) is 4.55. The first-order valence-corrected chi connectivity index (χ1v) is 5.46. The van der Waals surface area contributed by atoms with Gasteiger partial charge < -0.3 is 16.2 Å². The van der Waals surface area contributed by atoms with E-state index >= 15 is 0 Å². The highest BCUT2D eigenvalue weighted by molar-refractivity contribution is 5.80. The molecule has 1 aromatic rings. The summed E-state index contributed by atoms with van der Waals surface area (Å²) in [5.74, 6) is -0.339. The van der Waals surface area contributed by atoms with Crippen LogP contribution in [0.1, 0.15) is 19.5 Å². The van der Waals surface area contributed by atoms with Gasteiger partial charge in [-0.2, -0.15) is 0 Å². The van der Waals surface area contributed by atoms with Crippen LogP contribution in [0.4, 0.5) is 0 Å². The SMILES string of the molecule is CC(C)(CNCc1cn(CCO)nn1)C(N)=O. The maximum absolute atomic E-state index is 11.1. The van der Waals surface area contributed by atoms with Crippen LogP contribution in [0, 0.1) is 5.41 Å². The summed E-state index contributed by atoms with van der Waals surface area (Å²) in [5.41, 5.74) is 5.44. The molecule has 1 aromatic heterocycles. The van der Waals surface area contributed by atoms with Gasteiger partial charge in [0.1, 0.15) is 0 Å². The van der Waals surface area contributed by atoms with Crippen LogP contribution in [-0.4, -0.2) is 39.2 Å². The molecule has 17 heavy (non-hydrogen) atoms. The zero-order chi connectivity index (χ0) is 12.9. The maximum atomic E-state index is 11.1. The van der Waals surface area contributed by atoms with Crippen molar-refractivity contribution in [1.29, 1.82) is 0 Å². The van der Waals surface area contributed by atoms with E-state index in [1.807, 2.05) is 0 Å². The molecule has 0 aromatic carbocycles. The van der Waals surface area contributed by atoms with Crippen molar-refractivity contribution < 1.29 is 9.90 Å². The number of aromatic nitrogens is 3. The molecule has 1 heterocycles. The van der Waals surface area contributed by atoms with Crippen LogP contribution in [0.15, 0.2) is 6.20 Å². The molecule has 1 amide bonds. The molecule has 4 N–H and O–H groups in total. The van der Waals surface area contributed by atoms with Gasteiger partial charge in [-0.15, -0.1) is 5.10 Å². The summed E-state index contributed by atoms with van der Waals surface area (Å²) in [6, 6.07) is 0. The fraction of sp³-hybridized carbons (Fsp3) is 0.700. The summed E-state index contributed by atoms with van der Waals surface area (Å²) < 4.78 is 1.57. The highest BCUT2D eigenvalue weighted by atomic mass is 16.3. The lowest BCUT2D eigenvalue weighted by atomic mass is 9.93. The van der Waals surface area contributed by atoms with Crippen LogP contribution < -0.4 is 11.1 Å². The number of nitrogens with two attached hydrogens (primary N) is 1. The Morgan fingerprint density at radius 2 is 2.35 bits per heavy atom. The lowest BCUT2D eigenvalue weighted by Gasteiger charge is -2.20. The highest BCUT2D eigenvalue weighted by Crippen LogP contribution is 2.11. The minimum atomic E-state index is -0.582. The Morgan fingerprint density at radius 3 is 2.94 bits per heavy atom. The molecule has 0 aliphatic rings. The molecule has 0 bridgehead atoms. The molecule has 0 saturated carbocycles. The van der Waals surface area contributed by atoms with E-state index in [-0.39, 0.29) is 12.5 Å². The van der Waals surface area contributed by atoms with Crippen molar-refractivity contribution in [2.75, 3.05) is 13.2 Å². The van der Waals surface area contributed by atoms with Gasteiger partial charge in [-0.25, -0.2) is 4.68 Å². The van der Waals surface area contributed by atoms with E-state index in [4.69, 9.17) is 10.8 Å². The Kier molecular flexibility index (Phi) is 4.59. The minimum Gasteiger partial charge on any atom is -0.394 e. The second kappa shape index (κ2) is 5.74. The van der Waals surface area contributed by atoms with E-state index in [1.165, 1.54) is 0 Å². The van der Waals surface area contributed by atoms with Crippen LogP contribution in [0.2, 0.25) is 0 Å². The third-order valence-electron chi connectivity index (χ3n) is 2.46. The number of hydrogen-bond acceptors (Lipinski definition) is 5. The van der Waals surface area contributed by atoms with Crippen molar-refractivity contribution in [3.63, 3.8) is 0 Å². The first kappa shape index (κ1) is 13.6. The molecule has 0 aliphatic heterocycles. The van der Waals surface area contributed by atoms with Crippen molar-refractivity contribution in [2.45, 2.75) is 26.9 Å². The Morgan fingerprint density at radius 1 is 1.65 bits per heavy atom. The van der Waals surface area contributed by atoms with Gasteiger partial charge in [0.15, 0.2) is 0 Å².